The minimum atomic E-state index is -0.592. The van der Waals surface area contributed by atoms with Crippen LogP contribution < -0.4 is 15.8 Å². The van der Waals surface area contributed by atoms with Crippen molar-refractivity contribution in [3.63, 3.8) is 0 Å². The van der Waals surface area contributed by atoms with E-state index in [2.05, 4.69) is 28.7 Å². The first-order valence-corrected chi connectivity index (χ1v) is 11.4. The molecule has 3 N–H and O–H groups in total. The van der Waals surface area contributed by atoms with Crippen LogP contribution in [0.4, 0.5) is 0 Å². The molecular formula is C22H31N5O2S. The highest BCUT2D eigenvalue weighted by atomic mass is 32.1. The number of carbonyl (C=O) groups excluding carboxylic acids is 1. The van der Waals surface area contributed by atoms with E-state index >= 15 is 0 Å². The summed E-state index contributed by atoms with van der Waals surface area (Å²) in [5.74, 6) is 2.02. The third-order valence-corrected chi connectivity index (χ3v) is 6.56. The van der Waals surface area contributed by atoms with Crippen molar-refractivity contribution in [3.8, 4) is 17.0 Å². The van der Waals surface area contributed by atoms with E-state index in [-0.39, 0.29) is 11.9 Å². The van der Waals surface area contributed by atoms with E-state index in [1.807, 2.05) is 29.2 Å². The Labute approximate surface area is 183 Å². The molecule has 3 unspecified atom stereocenters. The van der Waals surface area contributed by atoms with Gasteiger partial charge in [-0.3, -0.25) is 4.79 Å². The molecule has 3 heterocycles. The zero-order chi connectivity index (χ0) is 21.1. The number of fused-ring (bicyclic) bond motifs is 1. The maximum atomic E-state index is 13.0. The standard InChI is InChI=1S/C22H31N5O2S/c1-29-20-8-3-2-7-16(20)18-13-26-10-11-27(22(28)17(23)14-30)19(21(26)25-18)12-15-6-4-5-9-24-15/h2-3,7-8,13,15,17,19,24,30H,4-6,9-12,14,23H2,1H3. The fourth-order valence-electron chi connectivity index (χ4n) is 4.55. The van der Waals surface area contributed by atoms with E-state index in [0.29, 0.717) is 24.9 Å². The monoisotopic (exact) mass is 429 g/mol. The van der Waals surface area contributed by atoms with Gasteiger partial charge in [-0.1, -0.05) is 18.6 Å². The number of nitrogens with zero attached hydrogens (tertiary/aromatic N) is 3. The number of nitrogens with one attached hydrogen (secondary N) is 1. The first-order valence-electron chi connectivity index (χ1n) is 10.7. The molecule has 0 saturated carbocycles. The lowest BCUT2D eigenvalue weighted by molar-refractivity contribution is -0.136. The maximum Gasteiger partial charge on any atom is 0.241 e. The van der Waals surface area contributed by atoms with Crippen LogP contribution in [0.1, 0.15) is 37.5 Å². The van der Waals surface area contributed by atoms with Crippen LogP contribution in [0.3, 0.4) is 0 Å². The van der Waals surface area contributed by atoms with Gasteiger partial charge in [0.15, 0.2) is 0 Å². The third kappa shape index (κ3) is 4.22. The van der Waals surface area contributed by atoms with Crippen molar-refractivity contribution < 1.29 is 9.53 Å². The Morgan fingerprint density at radius 2 is 2.20 bits per heavy atom. The van der Waals surface area contributed by atoms with E-state index in [0.717, 1.165) is 42.2 Å². The van der Waals surface area contributed by atoms with Gasteiger partial charge in [-0.05, 0) is 37.9 Å². The van der Waals surface area contributed by atoms with E-state index < -0.39 is 6.04 Å². The number of carbonyl (C=O) groups is 1. The molecule has 8 heteroatoms. The molecule has 2 aromatic rings. The van der Waals surface area contributed by atoms with Gasteiger partial charge in [0.05, 0.1) is 24.9 Å². The van der Waals surface area contributed by atoms with Crippen molar-refractivity contribution in [1.29, 1.82) is 0 Å². The topological polar surface area (TPSA) is 85.4 Å². The normalized spacial score (nSPS) is 22.4. The number of methoxy groups -OCH3 is 1. The fraction of sp³-hybridized carbons (Fsp3) is 0.545. The average Bonchev–Trinajstić information content (AvgIpc) is 3.23. The smallest absolute Gasteiger partial charge is 0.241 e. The molecule has 2 aliphatic rings. The Balaban J connectivity index is 1.69. The molecule has 3 atom stereocenters. The number of hydrogen-bond acceptors (Lipinski definition) is 6. The van der Waals surface area contributed by atoms with Gasteiger partial charge in [0.2, 0.25) is 5.91 Å². The quantitative estimate of drug-likeness (QED) is 0.613. The minimum Gasteiger partial charge on any atom is -0.496 e. The van der Waals surface area contributed by atoms with Gasteiger partial charge in [-0.15, -0.1) is 0 Å². The third-order valence-electron chi connectivity index (χ3n) is 6.16. The molecule has 0 bridgehead atoms. The summed E-state index contributed by atoms with van der Waals surface area (Å²) in [5, 5.41) is 3.62. The van der Waals surface area contributed by atoms with Crippen LogP contribution in [0.15, 0.2) is 30.5 Å². The Kier molecular flexibility index (Phi) is 6.65. The van der Waals surface area contributed by atoms with Crippen molar-refractivity contribution in [2.75, 3.05) is 26.0 Å². The largest absolute Gasteiger partial charge is 0.496 e. The van der Waals surface area contributed by atoms with Crippen molar-refractivity contribution in [2.45, 2.75) is 50.4 Å². The Morgan fingerprint density at radius 3 is 2.93 bits per heavy atom. The summed E-state index contributed by atoms with van der Waals surface area (Å²) in [5.41, 5.74) is 7.90. The Morgan fingerprint density at radius 1 is 1.37 bits per heavy atom. The molecule has 1 aromatic carbocycles. The fourth-order valence-corrected chi connectivity index (χ4v) is 4.71. The summed E-state index contributed by atoms with van der Waals surface area (Å²) in [4.78, 5) is 20.0. The number of piperidine rings is 1. The van der Waals surface area contributed by atoms with E-state index in [1.165, 1.54) is 12.8 Å². The molecule has 1 aromatic heterocycles. The molecule has 30 heavy (non-hydrogen) atoms. The second-order valence-corrected chi connectivity index (χ2v) is 8.46. The molecule has 1 amide bonds. The molecular weight excluding hydrogens is 398 g/mol. The van der Waals surface area contributed by atoms with Gasteiger partial charge in [0.25, 0.3) is 0 Å². The SMILES string of the molecule is COc1ccccc1-c1cn2c(n1)C(CC1CCCCN1)N(C(=O)C(N)CS)CC2. The van der Waals surface area contributed by atoms with E-state index in [4.69, 9.17) is 15.5 Å². The van der Waals surface area contributed by atoms with Crippen LogP contribution >= 0.6 is 12.6 Å². The van der Waals surface area contributed by atoms with E-state index in [1.54, 1.807) is 7.11 Å². The lowest BCUT2D eigenvalue weighted by Crippen LogP contribution is -2.51. The molecule has 162 valence electrons. The zero-order valence-corrected chi connectivity index (χ0v) is 18.4. The van der Waals surface area contributed by atoms with Crippen LogP contribution in [-0.4, -0.2) is 58.4 Å². The molecule has 2 aliphatic heterocycles. The van der Waals surface area contributed by atoms with Gasteiger partial charge < -0.3 is 25.3 Å². The number of aromatic nitrogens is 2. The van der Waals surface area contributed by atoms with Crippen molar-refractivity contribution in [2.24, 2.45) is 5.73 Å². The van der Waals surface area contributed by atoms with Crippen LogP contribution in [0.2, 0.25) is 0 Å². The molecule has 4 rings (SSSR count). The number of nitrogens with two attached hydrogens (primary N) is 1. The van der Waals surface area contributed by atoms with Gasteiger partial charge in [-0.25, -0.2) is 4.98 Å². The average molecular weight is 430 g/mol. The number of rotatable bonds is 6. The van der Waals surface area contributed by atoms with Crippen LogP contribution in [0.5, 0.6) is 5.75 Å². The van der Waals surface area contributed by atoms with Crippen molar-refractivity contribution in [1.82, 2.24) is 19.8 Å². The predicted molar refractivity (Wildman–Crippen MR) is 121 cm³/mol. The van der Waals surface area contributed by atoms with Crippen LogP contribution in [0, 0.1) is 0 Å². The maximum absolute atomic E-state index is 13.0. The number of benzene rings is 1. The number of amides is 1. The van der Waals surface area contributed by atoms with Crippen molar-refractivity contribution in [3.05, 3.63) is 36.3 Å². The molecule has 0 spiro atoms. The van der Waals surface area contributed by atoms with Gasteiger partial charge >= 0.3 is 0 Å². The molecule has 0 aliphatic carbocycles. The van der Waals surface area contributed by atoms with Gasteiger partial charge in [-0.2, -0.15) is 12.6 Å². The van der Waals surface area contributed by atoms with Gasteiger partial charge in [0, 0.05) is 36.6 Å². The molecule has 1 saturated heterocycles. The zero-order valence-electron chi connectivity index (χ0n) is 17.5. The summed E-state index contributed by atoms with van der Waals surface area (Å²) in [6.07, 6.45) is 6.47. The minimum absolute atomic E-state index is 0.0427. The summed E-state index contributed by atoms with van der Waals surface area (Å²) in [6, 6.07) is 7.59. The summed E-state index contributed by atoms with van der Waals surface area (Å²) in [6.45, 7) is 2.37. The highest BCUT2D eigenvalue weighted by Crippen LogP contribution is 2.35. The first-order chi connectivity index (χ1) is 14.6. The number of thiol groups is 1. The van der Waals surface area contributed by atoms with Crippen molar-refractivity contribution >= 4 is 18.5 Å². The molecule has 1 fully saturated rings. The number of imidazole rings is 1. The number of ether oxygens (including phenoxy) is 1. The highest BCUT2D eigenvalue weighted by Gasteiger charge is 2.36. The second-order valence-electron chi connectivity index (χ2n) is 8.10. The summed E-state index contributed by atoms with van der Waals surface area (Å²) >= 11 is 4.24. The number of para-hydroxylation sites is 1. The summed E-state index contributed by atoms with van der Waals surface area (Å²) in [7, 11) is 1.67. The second kappa shape index (κ2) is 9.41. The molecule has 7 nitrogen and oxygen atoms in total. The Bertz CT molecular complexity index is 880. The molecule has 0 radical (unpaired) electrons. The summed E-state index contributed by atoms with van der Waals surface area (Å²) < 4.78 is 7.72. The van der Waals surface area contributed by atoms with Crippen LogP contribution in [-0.2, 0) is 11.3 Å². The van der Waals surface area contributed by atoms with Gasteiger partial charge in [0.1, 0.15) is 11.6 Å². The van der Waals surface area contributed by atoms with Crippen LogP contribution in [0.25, 0.3) is 11.3 Å². The Hall–Kier alpha value is -2.03. The highest BCUT2D eigenvalue weighted by molar-refractivity contribution is 7.80. The lowest BCUT2D eigenvalue weighted by Gasteiger charge is -2.39. The predicted octanol–water partition coefficient (Wildman–Crippen LogP) is 2.23. The van der Waals surface area contributed by atoms with E-state index in [9.17, 15) is 4.79 Å². The number of hydrogen-bond donors (Lipinski definition) is 3. The first kappa shape index (κ1) is 21.2. The lowest BCUT2D eigenvalue weighted by atomic mass is 9.95.